The molecule has 1 atom stereocenters. The molecule has 0 saturated heterocycles. The number of hydrogen-bond acceptors (Lipinski definition) is 2. The van der Waals surface area contributed by atoms with Crippen LogP contribution >= 0.6 is 0 Å². The number of pyridine rings is 1. The minimum atomic E-state index is 0.0610. The summed E-state index contributed by atoms with van der Waals surface area (Å²) in [4.78, 5) is 4.33. The van der Waals surface area contributed by atoms with Gasteiger partial charge in [-0.1, -0.05) is 24.3 Å². The molecule has 0 aliphatic rings. The van der Waals surface area contributed by atoms with Crippen molar-refractivity contribution in [3.05, 3.63) is 54.7 Å². The fraction of sp³-hybridized carbons (Fsp3) is 0.214. The van der Waals surface area contributed by atoms with Crippen molar-refractivity contribution in [1.29, 1.82) is 0 Å². The van der Waals surface area contributed by atoms with Crippen molar-refractivity contribution in [3.63, 3.8) is 0 Å². The van der Waals surface area contributed by atoms with Crippen LogP contribution in [0.15, 0.2) is 49.2 Å². The van der Waals surface area contributed by atoms with Gasteiger partial charge in [0, 0.05) is 17.6 Å². The molecule has 0 amide bonds. The number of fused-ring (bicyclic) bond motifs is 1. The van der Waals surface area contributed by atoms with Gasteiger partial charge >= 0.3 is 0 Å². The van der Waals surface area contributed by atoms with Crippen LogP contribution in [0.4, 0.5) is 0 Å². The molecule has 2 rings (SSSR count). The molecule has 0 bridgehead atoms. The van der Waals surface area contributed by atoms with Gasteiger partial charge in [-0.15, -0.1) is 6.58 Å². The van der Waals surface area contributed by atoms with E-state index in [0.29, 0.717) is 0 Å². The number of aromatic nitrogens is 1. The lowest BCUT2D eigenvalue weighted by molar-refractivity contribution is 0.665. The number of benzene rings is 1. The standard InChI is InChI=1S/C14H16N2/c1-2-3-7-13(15)11-9-10-16-14-8-5-4-6-12(11)14/h2,4-6,8-10,13H,1,3,7,15H2/t13-/m1/s1. The zero-order chi connectivity index (χ0) is 11.4. The van der Waals surface area contributed by atoms with E-state index in [1.807, 2.05) is 36.5 Å². The highest BCUT2D eigenvalue weighted by Gasteiger charge is 2.08. The summed E-state index contributed by atoms with van der Waals surface area (Å²) < 4.78 is 0. The molecule has 2 aromatic rings. The number of nitrogens with zero attached hydrogens (tertiary/aromatic N) is 1. The molecule has 1 aromatic carbocycles. The van der Waals surface area contributed by atoms with Crippen molar-refractivity contribution in [2.24, 2.45) is 5.73 Å². The minimum absolute atomic E-state index is 0.0610. The maximum Gasteiger partial charge on any atom is 0.0705 e. The molecule has 0 aliphatic carbocycles. The fourth-order valence-corrected chi connectivity index (χ4v) is 1.89. The van der Waals surface area contributed by atoms with Gasteiger partial charge in [-0.2, -0.15) is 0 Å². The summed E-state index contributed by atoms with van der Waals surface area (Å²) in [5.41, 5.74) is 8.35. The van der Waals surface area contributed by atoms with E-state index in [4.69, 9.17) is 5.73 Å². The highest BCUT2D eigenvalue weighted by Crippen LogP contribution is 2.23. The number of rotatable bonds is 4. The molecular weight excluding hydrogens is 196 g/mol. The zero-order valence-corrected chi connectivity index (χ0v) is 9.26. The Hall–Kier alpha value is -1.67. The third-order valence-corrected chi connectivity index (χ3v) is 2.76. The topological polar surface area (TPSA) is 38.9 Å². The summed E-state index contributed by atoms with van der Waals surface area (Å²) in [7, 11) is 0. The smallest absolute Gasteiger partial charge is 0.0705 e. The first-order valence-electron chi connectivity index (χ1n) is 5.53. The van der Waals surface area contributed by atoms with E-state index in [2.05, 4.69) is 17.6 Å². The lowest BCUT2D eigenvalue weighted by Gasteiger charge is -2.13. The lowest BCUT2D eigenvalue weighted by atomic mass is 9.99. The second-order valence-electron chi connectivity index (χ2n) is 3.89. The SMILES string of the molecule is C=CCC[C@@H](N)c1ccnc2ccccc12. The lowest BCUT2D eigenvalue weighted by Crippen LogP contribution is -2.10. The van der Waals surface area contributed by atoms with Gasteiger partial charge in [0.2, 0.25) is 0 Å². The predicted octanol–water partition coefficient (Wildman–Crippen LogP) is 3.20. The maximum atomic E-state index is 6.17. The first kappa shape index (κ1) is 10.8. The molecule has 0 aliphatic heterocycles. The number of hydrogen-bond donors (Lipinski definition) is 1. The molecular formula is C14H16N2. The van der Waals surface area contributed by atoms with Gasteiger partial charge < -0.3 is 5.73 Å². The van der Waals surface area contributed by atoms with E-state index in [0.717, 1.165) is 23.7 Å². The second kappa shape index (κ2) is 4.90. The number of allylic oxidation sites excluding steroid dienone is 1. The Morgan fingerprint density at radius 2 is 2.12 bits per heavy atom. The first-order valence-corrected chi connectivity index (χ1v) is 5.53. The highest BCUT2D eigenvalue weighted by molar-refractivity contribution is 5.82. The van der Waals surface area contributed by atoms with Crippen LogP contribution in [0.3, 0.4) is 0 Å². The Labute approximate surface area is 95.8 Å². The molecule has 82 valence electrons. The predicted molar refractivity (Wildman–Crippen MR) is 68.1 cm³/mol. The molecule has 0 spiro atoms. The van der Waals surface area contributed by atoms with Gasteiger partial charge in [-0.3, -0.25) is 4.98 Å². The van der Waals surface area contributed by atoms with Crippen LogP contribution in [0.2, 0.25) is 0 Å². The monoisotopic (exact) mass is 212 g/mol. The van der Waals surface area contributed by atoms with E-state index in [9.17, 15) is 0 Å². The first-order chi connectivity index (χ1) is 7.83. The molecule has 1 heterocycles. The zero-order valence-electron chi connectivity index (χ0n) is 9.26. The summed E-state index contributed by atoms with van der Waals surface area (Å²) in [5.74, 6) is 0. The van der Waals surface area contributed by atoms with Crippen molar-refractivity contribution in [3.8, 4) is 0 Å². The van der Waals surface area contributed by atoms with Crippen LogP contribution in [0.5, 0.6) is 0 Å². The maximum absolute atomic E-state index is 6.17. The van der Waals surface area contributed by atoms with Gasteiger partial charge in [-0.25, -0.2) is 0 Å². The Bertz CT molecular complexity index is 486. The average Bonchev–Trinajstić information content (AvgIpc) is 2.35. The van der Waals surface area contributed by atoms with Gasteiger partial charge in [0.05, 0.1) is 5.52 Å². The van der Waals surface area contributed by atoms with E-state index in [1.165, 1.54) is 5.56 Å². The molecule has 0 unspecified atom stereocenters. The quantitative estimate of drug-likeness (QED) is 0.790. The Balaban J connectivity index is 2.39. The minimum Gasteiger partial charge on any atom is -0.324 e. The van der Waals surface area contributed by atoms with Gasteiger partial charge in [0.15, 0.2) is 0 Å². The molecule has 16 heavy (non-hydrogen) atoms. The Morgan fingerprint density at radius 1 is 1.31 bits per heavy atom. The average molecular weight is 212 g/mol. The summed E-state index contributed by atoms with van der Waals surface area (Å²) in [6, 6.07) is 10.2. The molecule has 0 radical (unpaired) electrons. The van der Waals surface area contributed by atoms with Crippen LogP contribution in [0.1, 0.15) is 24.4 Å². The molecule has 2 heteroatoms. The van der Waals surface area contributed by atoms with Gasteiger partial charge in [-0.05, 0) is 30.5 Å². The van der Waals surface area contributed by atoms with Crippen LogP contribution in [-0.2, 0) is 0 Å². The van der Waals surface area contributed by atoms with Crippen molar-refractivity contribution in [1.82, 2.24) is 4.98 Å². The molecule has 0 fully saturated rings. The number of para-hydroxylation sites is 1. The summed E-state index contributed by atoms with van der Waals surface area (Å²) in [6.45, 7) is 3.72. The van der Waals surface area contributed by atoms with Crippen LogP contribution in [-0.4, -0.2) is 4.98 Å². The molecule has 1 aromatic heterocycles. The third-order valence-electron chi connectivity index (χ3n) is 2.76. The van der Waals surface area contributed by atoms with Crippen LogP contribution in [0, 0.1) is 0 Å². The van der Waals surface area contributed by atoms with E-state index < -0.39 is 0 Å². The Morgan fingerprint density at radius 3 is 2.94 bits per heavy atom. The van der Waals surface area contributed by atoms with E-state index in [-0.39, 0.29) is 6.04 Å². The second-order valence-corrected chi connectivity index (χ2v) is 3.89. The fourth-order valence-electron chi connectivity index (χ4n) is 1.89. The summed E-state index contributed by atoms with van der Waals surface area (Å²) >= 11 is 0. The van der Waals surface area contributed by atoms with Crippen molar-refractivity contribution in [2.45, 2.75) is 18.9 Å². The highest BCUT2D eigenvalue weighted by atomic mass is 14.7. The van der Waals surface area contributed by atoms with E-state index in [1.54, 1.807) is 0 Å². The summed E-state index contributed by atoms with van der Waals surface area (Å²) in [6.07, 6.45) is 5.60. The normalized spacial score (nSPS) is 12.6. The van der Waals surface area contributed by atoms with Gasteiger partial charge in [0.1, 0.15) is 0 Å². The Kier molecular flexibility index (Phi) is 3.32. The van der Waals surface area contributed by atoms with Crippen LogP contribution < -0.4 is 5.73 Å². The largest absolute Gasteiger partial charge is 0.324 e. The third kappa shape index (κ3) is 2.12. The summed E-state index contributed by atoms with van der Waals surface area (Å²) in [5, 5.41) is 1.15. The van der Waals surface area contributed by atoms with Crippen molar-refractivity contribution < 1.29 is 0 Å². The number of nitrogens with two attached hydrogens (primary N) is 1. The van der Waals surface area contributed by atoms with Crippen molar-refractivity contribution >= 4 is 10.9 Å². The molecule has 0 saturated carbocycles. The van der Waals surface area contributed by atoms with E-state index >= 15 is 0 Å². The molecule has 2 nitrogen and oxygen atoms in total. The van der Waals surface area contributed by atoms with Gasteiger partial charge in [0.25, 0.3) is 0 Å². The van der Waals surface area contributed by atoms with Crippen LogP contribution in [0.25, 0.3) is 10.9 Å². The van der Waals surface area contributed by atoms with Crippen molar-refractivity contribution in [2.75, 3.05) is 0 Å². The molecule has 2 N–H and O–H groups in total.